The highest BCUT2D eigenvalue weighted by Gasteiger charge is 2.34. The average Bonchev–Trinajstić information content (AvgIpc) is 2.25. The van der Waals surface area contributed by atoms with Gasteiger partial charge in [0.05, 0.1) is 12.2 Å². The summed E-state index contributed by atoms with van der Waals surface area (Å²) in [5, 5.41) is 0. The fourth-order valence-electron chi connectivity index (χ4n) is 1.92. The highest BCUT2D eigenvalue weighted by Crippen LogP contribution is 2.26. The Morgan fingerprint density at radius 3 is 2.33 bits per heavy atom. The van der Waals surface area contributed by atoms with Crippen molar-refractivity contribution in [3.63, 3.8) is 0 Å². The van der Waals surface area contributed by atoms with Crippen LogP contribution in [0.5, 0.6) is 0 Å². The number of alkyl halides is 1. The lowest BCUT2D eigenvalue weighted by Gasteiger charge is -2.39. The van der Waals surface area contributed by atoms with Gasteiger partial charge >= 0.3 is 6.09 Å². The van der Waals surface area contributed by atoms with Crippen molar-refractivity contribution in [3.05, 3.63) is 0 Å². The first-order chi connectivity index (χ1) is 8.26. The Hall–Kier alpha value is -0.840. The van der Waals surface area contributed by atoms with Crippen LogP contribution in [0.1, 0.15) is 40.5 Å². The molecule has 0 saturated carbocycles. The maximum atomic E-state index is 12.1. The van der Waals surface area contributed by atoms with Crippen molar-refractivity contribution in [2.45, 2.75) is 51.7 Å². The van der Waals surface area contributed by atoms with Gasteiger partial charge in [-0.25, -0.2) is 9.18 Å². The standard InChI is InChI=1S/C13H24FNO3/c1-12(2,3)18-11(16)15-8-5-13(4,6-9-15)17-10-7-14/h5-10H2,1-4H3. The van der Waals surface area contributed by atoms with Gasteiger partial charge in [-0.1, -0.05) is 0 Å². The molecule has 1 aliphatic rings. The van der Waals surface area contributed by atoms with Crippen LogP contribution in [0, 0.1) is 0 Å². The summed E-state index contributed by atoms with van der Waals surface area (Å²) >= 11 is 0. The first-order valence-electron chi connectivity index (χ1n) is 6.44. The van der Waals surface area contributed by atoms with E-state index in [9.17, 15) is 9.18 Å². The molecule has 106 valence electrons. The summed E-state index contributed by atoms with van der Waals surface area (Å²) in [5.41, 5.74) is -0.785. The third-order valence-corrected chi connectivity index (χ3v) is 3.00. The Bertz CT molecular complexity index is 280. The lowest BCUT2D eigenvalue weighted by atomic mass is 9.93. The molecule has 1 aliphatic heterocycles. The average molecular weight is 261 g/mol. The molecule has 0 radical (unpaired) electrons. The third-order valence-electron chi connectivity index (χ3n) is 3.00. The number of ether oxygens (including phenoxy) is 2. The maximum absolute atomic E-state index is 12.1. The van der Waals surface area contributed by atoms with E-state index in [4.69, 9.17) is 9.47 Å². The number of piperidine rings is 1. The molecule has 18 heavy (non-hydrogen) atoms. The molecule has 0 aromatic carbocycles. The fourth-order valence-corrected chi connectivity index (χ4v) is 1.92. The molecule has 0 unspecified atom stereocenters. The van der Waals surface area contributed by atoms with E-state index in [1.807, 2.05) is 27.7 Å². The van der Waals surface area contributed by atoms with Gasteiger partial charge in [-0.3, -0.25) is 0 Å². The van der Waals surface area contributed by atoms with Gasteiger partial charge in [0.2, 0.25) is 0 Å². The highest BCUT2D eigenvalue weighted by molar-refractivity contribution is 5.68. The monoisotopic (exact) mass is 261 g/mol. The summed E-state index contributed by atoms with van der Waals surface area (Å²) in [4.78, 5) is 13.5. The summed E-state index contributed by atoms with van der Waals surface area (Å²) in [7, 11) is 0. The molecule has 0 atom stereocenters. The Balaban J connectivity index is 2.41. The van der Waals surface area contributed by atoms with Crippen molar-refractivity contribution < 1.29 is 18.7 Å². The minimum atomic E-state index is -0.470. The topological polar surface area (TPSA) is 38.8 Å². The number of hydrogen-bond acceptors (Lipinski definition) is 3. The van der Waals surface area contributed by atoms with E-state index in [1.165, 1.54) is 0 Å². The van der Waals surface area contributed by atoms with Gasteiger partial charge in [-0.2, -0.15) is 0 Å². The Labute approximate surface area is 108 Å². The molecule has 1 fully saturated rings. The number of halogens is 1. The van der Waals surface area contributed by atoms with E-state index in [2.05, 4.69) is 0 Å². The number of amides is 1. The van der Waals surface area contributed by atoms with Crippen LogP contribution < -0.4 is 0 Å². The molecule has 1 heterocycles. The molecule has 0 aliphatic carbocycles. The molecule has 0 aromatic heterocycles. The lowest BCUT2D eigenvalue weighted by molar-refractivity contribution is -0.0755. The van der Waals surface area contributed by atoms with Gasteiger partial charge in [0.1, 0.15) is 12.3 Å². The molecule has 0 aromatic rings. The van der Waals surface area contributed by atoms with Crippen molar-refractivity contribution in [1.82, 2.24) is 4.90 Å². The molecule has 0 spiro atoms. The van der Waals surface area contributed by atoms with E-state index < -0.39 is 12.3 Å². The summed E-state index contributed by atoms with van der Waals surface area (Å²) in [5.74, 6) is 0. The van der Waals surface area contributed by atoms with Crippen molar-refractivity contribution in [2.75, 3.05) is 26.4 Å². The van der Waals surface area contributed by atoms with Gasteiger partial charge in [0, 0.05) is 13.1 Å². The van der Waals surface area contributed by atoms with Gasteiger partial charge in [0.15, 0.2) is 0 Å². The van der Waals surface area contributed by atoms with Crippen molar-refractivity contribution in [3.8, 4) is 0 Å². The fraction of sp³-hybridized carbons (Fsp3) is 0.923. The smallest absolute Gasteiger partial charge is 0.410 e. The summed E-state index contributed by atoms with van der Waals surface area (Å²) in [6, 6.07) is 0. The molecule has 0 N–H and O–H groups in total. The van der Waals surface area contributed by atoms with Gasteiger partial charge in [-0.05, 0) is 40.5 Å². The van der Waals surface area contributed by atoms with Crippen LogP contribution in [0.2, 0.25) is 0 Å². The zero-order valence-electron chi connectivity index (χ0n) is 11.8. The molecule has 1 rings (SSSR count). The highest BCUT2D eigenvalue weighted by atomic mass is 19.1. The van der Waals surface area contributed by atoms with E-state index in [0.29, 0.717) is 25.9 Å². The van der Waals surface area contributed by atoms with Crippen molar-refractivity contribution in [1.29, 1.82) is 0 Å². The van der Waals surface area contributed by atoms with E-state index in [1.54, 1.807) is 4.90 Å². The molecule has 1 saturated heterocycles. The molecule has 4 nitrogen and oxygen atoms in total. The first-order valence-corrected chi connectivity index (χ1v) is 6.44. The van der Waals surface area contributed by atoms with Crippen LogP contribution in [-0.2, 0) is 9.47 Å². The third kappa shape index (κ3) is 4.80. The van der Waals surface area contributed by atoms with E-state index >= 15 is 0 Å². The van der Waals surface area contributed by atoms with Crippen LogP contribution in [0.25, 0.3) is 0 Å². The number of likely N-dealkylation sites (tertiary alicyclic amines) is 1. The van der Waals surface area contributed by atoms with E-state index in [-0.39, 0.29) is 18.3 Å². The number of nitrogens with zero attached hydrogens (tertiary/aromatic N) is 1. The Kier molecular flexibility index (Phi) is 4.96. The van der Waals surface area contributed by atoms with Crippen molar-refractivity contribution >= 4 is 6.09 Å². The SMILES string of the molecule is CC(C)(C)OC(=O)N1CCC(C)(OCCF)CC1. The minimum absolute atomic E-state index is 0.128. The number of rotatable bonds is 3. The zero-order chi connectivity index (χ0) is 13.8. The predicted octanol–water partition coefficient (Wildman–Crippen LogP) is 2.76. The molecular formula is C13H24FNO3. The second-order valence-corrected chi connectivity index (χ2v) is 5.95. The zero-order valence-corrected chi connectivity index (χ0v) is 11.8. The summed E-state index contributed by atoms with van der Waals surface area (Å²) < 4.78 is 22.9. The van der Waals surface area contributed by atoms with E-state index in [0.717, 1.165) is 0 Å². The molecular weight excluding hydrogens is 237 g/mol. The van der Waals surface area contributed by atoms with Crippen LogP contribution in [0.15, 0.2) is 0 Å². The molecule has 1 amide bonds. The Morgan fingerprint density at radius 1 is 1.33 bits per heavy atom. The summed E-state index contributed by atoms with van der Waals surface area (Å²) in [6.45, 7) is 8.37. The van der Waals surface area contributed by atoms with Crippen LogP contribution in [-0.4, -0.2) is 48.6 Å². The second-order valence-electron chi connectivity index (χ2n) is 5.95. The van der Waals surface area contributed by atoms with Crippen molar-refractivity contribution in [2.24, 2.45) is 0 Å². The first kappa shape index (κ1) is 15.2. The second kappa shape index (κ2) is 5.87. The number of hydrogen-bond donors (Lipinski definition) is 0. The van der Waals surface area contributed by atoms with Gasteiger partial charge in [-0.15, -0.1) is 0 Å². The molecule has 0 bridgehead atoms. The quantitative estimate of drug-likeness (QED) is 0.784. The lowest BCUT2D eigenvalue weighted by Crippen LogP contribution is -2.48. The number of carbonyl (C=O) groups is 1. The van der Waals surface area contributed by atoms with Crippen LogP contribution >= 0.6 is 0 Å². The Morgan fingerprint density at radius 2 is 1.89 bits per heavy atom. The van der Waals surface area contributed by atoms with Crippen LogP contribution in [0.3, 0.4) is 0 Å². The number of carbonyl (C=O) groups excluding carboxylic acids is 1. The van der Waals surface area contributed by atoms with Gasteiger partial charge < -0.3 is 14.4 Å². The van der Waals surface area contributed by atoms with Gasteiger partial charge in [0.25, 0.3) is 0 Å². The molecule has 5 heteroatoms. The summed E-state index contributed by atoms with van der Waals surface area (Å²) in [6.07, 6.45) is 1.15. The predicted molar refractivity (Wildman–Crippen MR) is 67.4 cm³/mol. The normalized spacial score (nSPS) is 19.7. The minimum Gasteiger partial charge on any atom is -0.444 e. The largest absolute Gasteiger partial charge is 0.444 e. The maximum Gasteiger partial charge on any atom is 0.410 e. The van der Waals surface area contributed by atoms with Crippen LogP contribution in [0.4, 0.5) is 9.18 Å².